The number of benzene rings is 1. The zero-order chi connectivity index (χ0) is 13.4. The standard InChI is InChI=1S/C14H14FNO2S/c15-11-2-1-3-12-10(11)6-13(19-12)14(18)16-7-8-4-9(17)5-8/h1-3,6,8-9,17H,4-5,7H2,(H,16,18). The molecule has 0 saturated heterocycles. The van der Waals surface area contributed by atoms with Crippen LogP contribution in [-0.4, -0.2) is 23.7 Å². The van der Waals surface area contributed by atoms with Crippen LogP contribution >= 0.6 is 11.3 Å². The first-order valence-electron chi connectivity index (χ1n) is 6.28. The Morgan fingerprint density at radius 2 is 2.26 bits per heavy atom. The van der Waals surface area contributed by atoms with Gasteiger partial charge in [0, 0.05) is 16.6 Å². The molecular weight excluding hydrogens is 265 g/mol. The van der Waals surface area contributed by atoms with Crippen LogP contribution in [0.25, 0.3) is 10.1 Å². The van der Waals surface area contributed by atoms with Gasteiger partial charge in [-0.3, -0.25) is 4.79 Å². The molecule has 1 aromatic heterocycles. The molecule has 19 heavy (non-hydrogen) atoms. The third-order valence-corrected chi connectivity index (χ3v) is 4.59. The van der Waals surface area contributed by atoms with Crippen molar-refractivity contribution in [1.82, 2.24) is 5.32 Å². The molecule has 2 aromatic rings. The first-order valence-corrected chi connectivity index (χ1v) is 7.09. The lowest BCUT2D eigenvalue weighted by molar-refractivity contribution is 0.0420. The highest BCUT2D eigenvalue weighted by atomic mass is 32.1. The molecule has 0 atom stereocenters. The molecule has 1 heterocycles. The second kappa shape index (κ2) is 4.90. The van der Waals surface area contributed by atoms with Crippen LogP contribution in [0.2, 0.25) is 0 Å². The van der Waals surface area contributed by atoms with E-state index in [2.05, 4.69) is 5.32 Å². The summed E-state index contributed by atoms with van der Waals surface area (Å²) in [6.45, 7) is 0.576. The van der Waals surface area contributed by atoms with E-state index in [1.165, 1.54) is 17.4 Å². The number of amides is 1. The molecule has 2 N–H and O–H groups in total. The smallest absolute Gasteiger partial charge is 0.261 e. The molecule has 1 aliphatic carbocycles. The average molecular weight is 279 g/mol. The summed E-state index contributed by atoms with van der Waals surface area (Å²) in [5, 5.41) is 12.5. The molecule has 100 valence electrons. The molecule has 0 aliphatic heterocycles. The number of hydrogen-bond donors (Lipinski definition) is 2. The lowest BCUT2D eigenvalue weighted by atomic mass is 9.82. The number of halogens is 1. The van der Waals surface area contributed by atoms with E-state index in [-0.39, 0.29) is 17.8 Å². The van der Waals surface area contributed by atoms with Crippen molar-refractivity contribution in [3.05, 3.63) is 35.0 Å². The lowest BCUT2D eigenvalue weighted by Gasteiger charge is -2.31. The zero-order valence-corrected chi connectivity index (χ0v) is 11.0. The Kier molecular flexibility index (Phi) is 3.24. The van der Waals surface area contributed by atoms with E-state index in [1.54, 1.807) is 12.1 Å². The van der Waals surface area contributed by atoms with Crippen LogP contribution in [0, 0.1) is 11.7 Å². The molecule has 0 bridgehead atoms. The van der Waals surface area contributed by atoms with Crippen molar-refractivity contribution in [2.75, 3.05) is 6.54 Å². The highest BCUT2D eigenvalue weighted by molar-refractivity contribution is 7.20. The maximum absolute atomic E-state index is 13.5. The van der Waals surface area contributed by atoms with Crippen LogP contribution in [-0.2, 0) is 0 Å². The monoisotopic (exact) mass is 279 g/mol. The molecule has 1 aromatic carbocycles. The van der Waals surface area contributed by atoms with Gasteiger partial charge in [-0.2, -0.15) is 0 Å². The van der Waals surface area contributed by atoms with Crippen LogP contribution in [0.15, 0.2) is 24.3 Å². The van der Waals surface area contributed by atoms with Crippen molar-refractivity contribution >= 4 is 27.3 Å². The van der Waals surface area contributed by atoms with Gasteiger partial charge < -0.3 is 10.4 Å². The maximum Gasteiger partial charge on any atom is 0.261 e. The second-order valence-corrected chi connectivity index (χ2v) is 6.05. The summed E-state index contributed by atoms with van der Waals surface area (Å²) in [4.78, 5) is 12.5. The maximum atomic E-state index is 13.5. The van der Waals surface area contributed by atoms with Crippen molar-refractivity contribution < 1.29 is 14.3 Å². The van der Waals surface area contributed by atoms with Crippen molar-refractivity contribution in [3.8, 4) is 0 Å². The number of rotatable bonds is 3. The second-order valence-electron chi connectivity index (χ2n) is 4.96. The molecule has 1 fully saturated rings. The number of hydrogen-bond acceptors (Lipinski definition) is 3. The van der Waals surface area contributed by atoms with Crippen LogP contribution in [0.4, 0.5) is 4.39 Å². The van der Waals surface area contributed by atoms with E-state index in [4.69, 9.17) is 0 Å². The first kappa shape index (κ1) is 12.6. The summed E-state index contributed by atoms with van der Waals surface area (Å²) >= 11 is 1.30. The van der Waals surface area contributed by atoms with E-state index >= 15 is 0 Å². The average Bonchev–Trinajstić information content (AvgIpc) is 2.78. The minimum Gasteiger partial charge on any atom is -0.393 e. The van der Waals surface area contributed by atoms with Crippen molar-refractivity contribution in [2.45, 2.75) is 18.9 Å². The Balaban J connectivity index is 1.69. The highest BCUT2D eigenvalue weighted by Crippen LogP contribution is 2.28. The molecule has 5 heteroatoms. The summed E-state index contributed by atoms with van der Waals surface area (Å²) in [5.41, 5.74) is 0. The zero-order valence-electron chi connectivity index (χ0n) is 10.2. The topological polar surface area (TPSA) is 49.3 Å². The van der Waals surface area contributed by atoms with E-state index in [0.717, 1.165) is 17.5 Å². The Labute approximate surface area is 114 Å². The van der Waals surface area contributed by atoms with Gasteiger partial charge >= 0.3 is 0 Å². The molecular formula is C14H14FNO2S. The van der Waals surface area contributed by atoms with E-state index < -0.39 is 0 Å². The fraction of sp³-hybridized carbons (Fsp3) is 0.357. The summed E-state index contributed by atoms with van der Waals surface area (Å²) < 4.78 is 14.3. The predicted octanol–water partition coefficient (Wildman–Crippen LogP) is 2.54. The number of carbonyl (C=O) groups excluding carboxylic acids is 1. The van der Waals surface area contributed by atoms with Gasteiger partial charge in [0.15, 0.2) is 0 Å². The highest BCUT2D eigenvalue weighted by Gasteiger charge is 2.27. The summed E-state index contributed by atoms with van der Waals surface area (Å²) in [6, 6.07) is 6.44. The largest absolute Gasteiger partial charge is 0.393 e. The Bertz CT molecular complexity index is 619. The minimum absolute atomic E-state index is 0.165. The summed E-state index contributed by atoms with van der Waals surface area (Å²) in [5.74, 6) is -0.0954. The molecule has 1 saturated carbocycles. The molecule has 0 radical (unpaired) electrons. The molecule has 3 rings (SSSR count). The normalized spacial score (nSPS) is 22.2. The van der Waals surface area contributed by atoms with Crippen LogP contribution in [0.5, 0.6) is 0 Å². The Morgan fingerprint density at radius 3 is 2.95 bits per heavy atom. The van der Waals surface area contributed by atoms with E-state index in [9.17, 15) is 14.3 Å². The molecule has 0 unspecified atom stereocenters. The summed E-state index contributed by atoms with van der Waals surface area (Å²) in [6.07, 6.45) is 1.29. The van der Waals surface area contributed by atoms with Gasteiger partial charge in [-0.25, -0.2) is 4.39 Å². The van der Waals surface area contributed by atoms with Gasteiger partial charge in [0.25, 0.3) is 5.91 Å². The van der Waals surface area contributed by atoms with Crippen LogP contribution < -0.4 is 5.32 Å². The van der Waals surface area contributed by atoms with Crippen LogP contribution in [0.1, 0.15) is 22.5 Å². The van der Waals surface area contributed by atoms with Gasteiger partial charge in [0.1, 0.15) is 5.82 Å². The fourth-order valence-corrected chi connectivity index (χ4v) is 3.32. The number of carbonyl (C=O) groups is 1. The number of thiophene rings is 1. The van der Waals surface area contributed by atoms with Gasteiger partial charge in [-0.1, -0.05) is 6.07 Å². The quantitative estimate of drug-likeness (QED) is 0.907. The summed E-state index contributed by atoms with van der Waals surface area (Å²) in [7, 11) is 0. The van der Waals surface area contributed by atoms with Gasteiger partial charge in [0.2, 0.25) is 0 Å². The minimum atomic E-state index is -0.296. The first-order chi connectivity index (χ1) is 9.13. The third kappa shape index (κ3) is 2.48. The van der Waals surface area contributed by atoms with E-state index in [1.807, 2.05) is 6.07 Å². The molecule has 1 aliphatic rings. The number of nitrogens with one attached hydrogen (secondary N) is 1. The van der Waals surface area contributed by atoms with Crippen molar-refractivity contribution in [3.63, 3.8) is 0 Å². The Hall–Kier alpha value is -1.46. The van der Waals surface area contributed by atoms with Gasteiger partial charge in [0.05, 0.1) is 11.0 Å². The van der Waals surface area contributed by atoms with Crippen LogP contribution in [0.3, 0.4) is 0 Å². The Morgan fingerprint density at radius 1 is 1.47 bits per heavy atom. The molecule has 1 amide bonds. The van der Waals surface area contributed by atoms with Gasteiger partial charge in [-0.05, 0) is 37.0 Å². The SMILES string of the molecule is O=C(NCC1CC(O)C1)c1cc2c(F)cccc2s1. The van der Waals surface area contributed by atoms with Gasteiger partial charge in [-0.15, -0.1) is 11.3 Å². The third-order valence-electron chi connectivity index (χ3n) is 3.49. The number of aliphatic hydroxyl groups excluding tert-OH is 1. The molecule has 0 spiro atoms. The number of fused-ring (bicyclic) bond motifs is 1. The van der Waals surface area contributed by atoms with E-state index in [0.29, 0.717) is 22.7 Å². The lowest BCUT2D eigenvalue weighted by Crippen LogP contribution is -2.38. The van der Waals surface area contributed by atoms with Crippen molar-refractivity contribution in [1.29, 1.82) is 0 Å². The fourth-order valence-electron chi connectivity index (χ4n) is 2.33. The predicted molar refractivity (Wildman–Crippen MR) is 72.8 cm³/mol. The number of aliphatic hydroxyl groups is 1. The van der Waals surface area contributed by atoms with Crippen molar-refractivity contribution in [2.24, 2.45) is 5.92 Å². The molecule has 3 nitrogen and oxygen atoms in total.